The number of carbonyl (C=O) groups excluding carboxylic acids is 1. The normalized spacial score (nSPS) is 17.9. The van der Waals surface area contributed by atoms with Gasteiger partial charge in [-0.05, 0) is 42.3 Å². The van der Waals surface area contributed by atoms with Gasteiger partial charge in [0.25, 0.3) is 0 Å². The van der Waals surface area contributed by atoms with Crippen LogP contribution in [0.1, 0.15) is 11.3 Å². The van der Waals surface area contributed by atoms with E-state index >= 15 is 0 Å². The summed E-state index contributed by atoms with van der Waals surface area (Å²) in [6.07, 6.45) is 2.01. The molecule has 0 spiro atoms. The zero-order chi connectivity index (χ0) is 20.2. The van der Waals surface area contributed by atoms with Crippen molar-refractivity contribution in [2.45, 2.75) is 11.7 Å². The van der Waals surface area contributed by atoms with Gasteiger partial charge >= 0.3 is 0 Å². The third kappa shape index (κ3) is 4.72. The van der Waals surface area contributed by atoms with Gasteiger partial charge < -0.3 is 9.73 Å². The Labute approximate surface area is 181 Å². The molecule has 4 rings (SSSR count). The predicted octanol–water partition coefficient (Wildman–Crippen LogP) is 5.42. The Morgan fingerprint density at radius 2 is 1.79 bits per heavy atom. The molecule has 5 nitrogen and oxygen atoms in total. The Bertz CT molecular complexity index is 1110. The van der Waals surface area contributed by atoms with E-state index in [1.165, 1.54) is 18.0 Å². The lowest BCUT2D eigenvalue weighted by Crippen LogP contribution is -2.26. The highest BCUT2D eigenvalue weighted by molar-refractivity contribution is 8.15. The molecule has 1 fully saturated rings. The van der Waals surface area contributed by atoms with E-state index in [9.17, 15) is 4.79 Å². The minimum absolute atomic E-state index is 0.108. The van der Waals surface area contributed by atoms with Crippen molar-refractivity contribution in [2.75, 3.05) is 0 Å². The Morgan fingerprint density at radius 3 is 2.59 bits per heavy atom. The molecule has 0 bridgehead atoms. The van der Waals surface area contributed by atoms with Crippen LogP contribution in [0.2, 0.25) is 10.0 Å². The number of thioether (sulfide) groups is 1. The molecule has 1 atom stereocenters. The molecular weight excluding hydrogens is 429 g/mol. The van der Waals surface area contributed by atoms with Crippen LogP contribution in [0.25, 0.3) is 11.3 Å². The largest absolute Gasteiger partial charge is 0.455 e. The topological polar surface area (TPSA) is 67.0 Å². The quantitative estimate of drug-likeness (QED) is 0.422. The summed E-state index contributed by atoms with van der Waals surface area (Å²) in [5.74, 6) is 1.07. The van der Waals surface area contributed by atoms with Gasteiger partial charge in [0.05, 0.1) is 16.5 Å². The fraction of sp³-hybridized carbons (Fsp3) is 0.0952. The van der Waals surface area contributed by atoms with Crippen LogP contribution in [-0.2, 0) is 11.2 Å². The first-order valence-corrected chi connectivity index (χ1v) is 10.4. The minimum atomic E-state index is -0.292. The summed E-state index contributed by atoms with van der Waals surface area (Å²) < 4.78 is 5.74. The number of nitrogens with zero attached hydrogens (tertiary/aromatic N) is 2. The summed E-state index contributed by atoms with van der Waals surface area (Å²) in [4.78, 5) is 12.2. The molecular formula is C21H15Cl2N3O2S. The molecule has 1 aliphatic heterocycles. The third-order valence-electron chi connectivity index (χ3n) is 4.24. The number of carbonyl (C=O) groups is 1. The lowest BCUT2D eigenvalue weighted by Gasteiger charge is -2.06. The van der Waals surface area contributed by atoms with E-state index < -0.39 is 0 Å². The maximum absolute atomic E-state index is 12.2. The van der Waals surface area contributed by atoms with Crippen LogP contribution in [0.5, 0.6) is 0 Å². The number of hydrogen-bond acceptors (Lipinski definition) is 5. The van der Waals surface area contributed by atoms with Crippen LogP contribution in [0.4, 0.5) is 0 Å². The van der Waals surface area contributed by atoms with Gasteiger partial charge in [-0.3, -0.25) is 4.79 Å². The molecule has 1 saturated heterocycles. The van der Waals surface area contributed by atoms with Crippen LogP contribution in [-0.4, -0.2) is 22.5 Å². The van der Waals surface area contributed by atoms with Gasteiger partial charge in [0, 0.05) is 10.6 Å². The Hall–Kier alpha value is -2.54. The van der Waals surface area contributed by atoms with Crippen molar-refractivity contribution >= 4 is 52.3 Å². The summed E-state index contributed by atoms with van der Waals surface area (Å²) in [6, 6.07) is 18.5. The first-order chi connectivity index (χ1) is 14.1. The molecule has 8 heteroatoms. The van der Waals surface area contributed by atoms with Crippen LogP contribution in [0.3, 0.4) is 0 Å². The fourth-order valence-electron chi connectivity index (χ4n) is 2.82. The second-order valence-electron chi connectivity index (χ2n) is 6.22. The molecule has 2 heterocycles. The van der Waals surface area contributed by atoms with E-state index in [4.69, 9.17) is 27.6 Å². The van der Waals surface area contributed by atoms with Crippen LogP contribution in [0.15, 0.2) is 75.3 Å². The lowest BCUT2D eigenvalue weighted by molar-refractivity contribution is -0.118. The average Bonchev–Trinajstić information content (AvgIpc) is 3.31. The summed E-state index contributed by atoms with van der Waals surface area (Å²) in [7, 11) is 0. The molecule has 3 aromatic rings. The molecule has 0 aliphatic carbocycles. The molecule has 1 N–H and O–H groups in total. The number of furan rings is 1. The number of halogens is 2. The highest BCUT2D eigenvalue weighted by Gasteiger charge is 2.30. The zero-order valence-electron chi connectivity index (χ0n) is 15.0. The van der Waals surface area contributed by atoms with Gasteiger partial charge in [0.2, 0.25) is 5.91 Å². The van der Waals surface area contributed by atoms with Crippen LogP contribution in [0, 0.1) is 0 Å². The smallest absolute Gasteiger partial charge is 0.239 e. The van der Waals surface area contributed by atoms with Gasteiger partial charge in [0.1, 0.15) is 11.5 Å². The number of benzene rings is 2. The van der Waals surface area contributed by atoms with E-state index in [0.29, 0.717) is 33.2 Å². The first-order valence-electron chi connectivity index (χ1n) is 8.77. The summed E-state index contributed by atoms with van der Waals surface area (Å²) >= 11 is 13.7. The zero-order valence-corrected chi connectivity index (χ0v) is 17.3. The summed E-state index contributed by atoms with van der Waals surface area (Å²) in [5, 5.41) is 12.3. The number of amides is 1. The molecule has 146 valence electrons. The van der Waals surface area contributed by atoms with Crippen molar-refractivity contribution in [3.63, 3.8) is 0 Å². The number of rotatable bonds is 5. The molecule has 1 aromatic heterocycles. The highest BCUT2D eigenvalue weighted by Crippen LogP contribution is 2.29. The van der Waals surface area contributed by atoms with E-state index in [1.54, 1.807) is 12.1 Å². The SMILES string of the molecule is O=C1N/C(=N/N=C\c2ccc(-c3ccccc3Cl)o2)S[C@H]1Cc1ccccc1Cl. The van der Waals surface area contributed by atoms with Gasteiger partial charge in [-0.2, -0.15) is 5.10 Å². The molecule has 0 unspecified atom stereocenters. The van der Waals surface area contributed by atoms with Crippen molar-refractivity contribution in [2.24, 2.45) is 10.2 Å². The number of nitrogens with one attached hydrogen (secondary N) is 1. The lowest BCUT2D eigenvalue weighted by atomic mass is 10.1. The van der Waals surface area contributed by atoms with Gasteiger partial charge in [-0.1, -0.05) is 65.3 Å². The fourth-order valence-corrected chi connectivity index (χ4v) is 4.21. The molecule has 1 amide bonds. The maximum atomic E-state index is 12.2. The summed E-state index contributed by atoms with van der Waals surface area (Å²) in [6.45, 7) is 0. The van der Waals surface area contributed by atoms with E-state index in [0.717, 1.165) is 11.1 Å². The molecule has 0 radical (unpaired) electrons. The van der Waals surface area contributed by atoms with Crippen molar-refractivity contribution in [1.82, 2.24) is 5.32 Å². The number of amidine groups is 1. The predicted molar refractivity (Wildman–Crippen MR) is 119 cm³/mol. The van der Waals surface area contributed by atoms with Gasteiger partial charge in [-0.15, -0.1) is 5.10 Å². The Kier molecular flexibility index (Phi) is 6.04. The monoisotopic (exact) mass is 443 g/mol. The highest BCUT2D eigenvalue weighted by atomic mass is 35.5. The second kappa shape index (κ2) is 8.86. The number of hydrogen-bond donors (Lipinski definition) is 1. The standard InChI is InChI=1S/C21H15Cl2N3O2S/c22-16-7-3-1-5-13(16)11-19-20(27)25-21(29-19)26-24-12-14-9-10-18(28-14)15-6-2-4-8-17(15)23/h1-10,12,19H,11H2,(H,25,26,27)/b24-12-/t19-/m0/s1. The Morgan fingerprint density at radius 1 is 1.03 bits per heavy atom. The molecule has 0 saturated carbocycles. The van der Waals surface area contributed by atoms with Crippen molar-refractivity contribution in [3.05, 3.63) is 82.0 Å². The van der Waals surface area contributed by atoms with Gasteiger partial charge in [0.15, 0.2) is 5.17 Å². The molecule has 29 heavy (non-hydrogen) atoms. The first kappa shape index (κ1) is 19.8. The van der Waals surface area contributed by atoms with E-state index in [-0.39, 0.29) is 11.2 Å². The average molecular weight is 444 g/mol. The van der Waals surface area contributed by atoms with E-state index in [1.807, 2.05) is 48.5 Å². The van der Waals surface area contributed by atoms with Crippen molar-refractivity contribution in [1.29, 1.82) is 0 Å². The second-order valence-corrected chi connectivity index (χ2v) is 8.23. The molecule has 2 aromatic carbocycles. The molecule has 1 aliphatic rings. The van der Waals surface area contributed by atoms with Crippen molar-refractivity contribution in [3.8, 4) is 11.3 Å². The van der Waals surface area contributed by atoms with Crippen LogP contribution < -0.4 is 5.32 Å². The third-order valence-corrected chi connectivity index (χ3v) is 6.01. The summed E-state index contributed by atoms with van der Waals surface area (Å²) in [5.41, 5.74) is 1.73. The van der Waals surface area contributed by atoms with Crippen molar-refractivity contribution < 1.29 is 9.21 Å². The van der Waals surface area contributed by atoms with E-state index in [2.05, 4.69) is 15.5 Å². The minimum Gasteiger partial charge on any atom is -0.455 e. The van der Waals surface area contributed by atoms with Gasteiger partial charge in [-0.25, -0.2) is 0 Å². The maximum Gasteiger partial charge on any atom is 0.239 e. The van der Waals surface area contributed by atoms with Crippen LogP contribution >= 0.6 is 35.0 Å². The Balaban J connectivity index is 1.41.